The maximum Gasteiger partial charge on any atom is 0.0344 e. The number of aryl methyl sites for hydroxylation is 2. The topological polar surface area (TPSA) is 87.0 Å². The Hall–Kier alpha value is -2.00. The molecule has 0 spiro atoms. The fourth-order valence-corrected chi connectivity index (χ4v) is 1.71. The van der Waals surface area contributed by atoms with Gasteiger partial charge in [0, 0.05) is 11.4 Å². The van der Waals surface area contributed by atoms with Crippen molar-refractivity contribution >= 4 is 11.4 Å². The number of rotatable bonds is 1. The molecule has 0 radical (unpaired) electrons. The third-order valence-electron chi connectivity index (χ3n) is 2.87. The standard InChI is InChI=1S/C14H16N2.H3N/c1-9-7-11(3-5-13(9)15)12-4-6-14(16)10(2)8-12;/h3-8H,15-16H2,1-2H3;1H3. The minimum atomic E-state index is 0. The van der Waals surface area contributed by atoms with Crippen LogP contribution in [0.1, 0.15) is 11.1 Å². The van der Waals surface area contributed by atoms with Gasteiger partial charge in [-0.15, -0.1) is 0 Å². The Kier molecular flexibility index (Phi) is 3.76. The first-order valence-corrected chi connectivity index (χ1v) is 5.30. The van der Waals surface area contributed by atoms with Gasteiger partial charge in [0.1, 0.15) is 0 Å². The molecule has 0 aromatic heterocycles. The van der Waals surface area contributed by atoms with Crippen molar-refractivity contribution in [3.63, 3.8) is 0 Å². The summed E-state index contributed by atoms with van der Waals surface area (Å²) in [6.45, 7) is 4.03. The van der Waals surface area contributed by atoms with Gasteiger partial charge in [-0.3, -0.25) is 0 Å². The monoisotopic (exact) mass is 229 g/mol. The first kappa shape index (κ1) is 13.1. The Labute approximate surface area is 102 Å². The molecular formula is C14H19N3. The molecule has 0 saturated heterocycles. The van der Waals surface area contributed by atoms with E-state index >= 15 is 0 Å². The molecule has 0 aliphatic carbocycles. The van der Waals surface area contributed by atoms with Gasteiger partial charge in [-0.1, -0.05) is 12.1 Å². The van der Waals surface area contributed by atoms with E-state index in [1.165, 1.54) is 11.1 Å². The van der Waals surface area contributed by atoms with Gasteiger partial charge in [0.15, 0.2) is 0 Å². The first-order chi connectivity index (χ1) is 7.58. The summed E-state index contributed by atoms with van der Waals surface area (Å²) in [6.07, 6.45) is 0. The van der Waals surface area contributed by atoms with Crippen LogP contribution >= 0.6 is 0 Å². The zero-order valence-corrected chi connectivity index (χ0v) is 10.3. The molecule has 0 aliphatic rings. The molecule has 0 unspecified atom stereocenters. The van der Waals surface area contributed by atoms with Crippen molar-refractivity contribution in [3.8, 4) is 11.1 Å². The maximum atomic E-state index is 5.80. The summed E-state index contributed by atoms with van der Waals surface area (Å²) >= 11 is 0. The maximum absolute atomic E-state index is 5.80. The lowest BCUT2D eigenvalue weighted by atomic mass is 10.0. The highest BCUT2D eigenvalue weighted by Crippen LogP contribution is 2.25. The predicted molar refractivity (Wildman–Crippen MR) is 75.2 cm³/mol. The van der Waals surface area contributed by atoms with Crippen LogP contribution in [0.2, 0.25) is 0 Å². The minimum absolute atomic E-state index is 0. The van der Waals surface area contributed by atoms with E-state index in [1.54, 1.807) is 0 Å². The van der Waals surface area contributed by atoms with Gasteiger partial charge in [-0.05, 0) is 60.4 Å². The SMILES string of the molecule is Cc1cc(-c2ccc(N)c(C)c2)ccc1N.N. The summed E-state index contributed by atoms with van der Waals surface area (Å²) in [4.78, 5) is 0. The van der Waals surface area contributed by atoms with Gasteiger partial charge < -0.3 is 17.6 Å². The largest absolute Gasteiger partial charge is 0.399 e. The minimum Gasteiger partial charge on any atom is -0.399 e. The normalized spacial score (nSPS) is 9.76. The number of hydrogen-bond donors (Lipinski definition) is 3. The van der Waals surface area contributed by atoms with E-state index in [4.69, 9.17) is 11.5 Å². The quantitative estimate of drug-likeness (QED) is 0.656. The van der Waals surface area contributed by atoms with E-state index in [9.17, 15) is 0 Å². The van der Waals surface area contributed by atoms with Crippen molar-refractivity contribution in [2.45, 2.75) is 13.8 Å². The molecule has 0 aliphatic heterocycles. The molecule has 3 nitrogen and oxygen atoms in total. The highest BCUT2D eigenvalue weighted by atomic mass is 14.6. The Balaban J connectivity index is 0.00000144. The van der Waals surface area contributed by atoms with Gasteiger partial charge in [-0.2, -0.15) is 0 Å². The third-order valence-corrected chi connectivity index (χ3v) is 2.87. The number of anilines is 2. The molecule has 90 valence electrons. The van der Waals surface area contributed by atoms with Crippen LogP contribution in [0.25, 0.3) is 11.1 Å². The number of nitrogen functional groups attached to an aromatic ring is 2. The average Bonchev–Trinajstić information content (AvgIpc) is 2.26. The first-order valence-electron chi connectivity index (χ1n) is 5.30. The summed E-state index contributed by atoms with van der Waals surface area (Å²) in [7, 11) is 0. The van der Waals surface area contributed by atoms with E-state index < -0.39 is 0 Å². The van der Waals surface area contributed by atoms with Crippen molar-refractivity contribution in [2.75, 3.05) is 11.5 Å². The molecular weight excluding hydrogens is 210 g/mol. The Bertz CT molecular complexity index is 483. The molecule has 0 heterocycles. The second kappa shape index (κ2) is 4.89. The zero-order chi connectivity index (χ0) is 11.7. The van der Waals surface area contributed by atoms with Gasteiger partial charge in [-0.25, -0.2) is 0 Å². The highest BCUT2D eigenvalue weighted by molar-refractivity contribution is 5.70. The average molecular weight is 229 g/mol. The van der Waals surface area contributed by atoms with Crippen molar-refractivity contribution in [3.05, 3.63) is 47.5 Å². The molecule has 2 aromatic rings. The van der Waals surface area contributed by atoms with Crippen molar-refractivity contribution < 1.29 is 0 Å². The van der Waals surface area contributed by atoms with Crippen LogP contribution in [0.15, 0.2) is 36.4 Å². The van der Waals surface area contributed by atoms with E-state index in [-0.39, 0.29) is 6.15 Å². The van der Waals surface area contributed by atoms with Gasteiger partial charge in [0.2, 0.25) is 0 Å². The van der Waals surface area contributed by atoms with E-state index in [0.717, 1.165) is 22.5 Å². The highest BCUT2D eigenvalue weighted by Gasteiger charge is 2.01. The van der Waals surface area contributed by atoms with Crippen LogP contribution in [-0.2, 0) is 0 Å². The molecule has 7 N–H and O–H groups in total. The zero-order valence-electron chi connectivity index (χ0n) is 10.3. The van der Waals surface area contributed by atoms with Crippen LogP contribution in [0.5, 0.6) is 0 Å². The molecule has 0 atom stereocenters. The van der Waals surface area contributed by atoms with Crippen LogP contribution in [0, 0.1) is 13.8 Å². The molecule has 0 bridgehead atoms. The summed E-state index contributed by atoms with van der Waals surface area (Å²) in [6, 6.07) is 12.1. The summed E-state index contributed by atoms with van der Waals surface area (Å²) in [5.41, 5.74) is 17.8. The van der Waals surface area contributed by atoms with Crippen LogP contribution in [0.4, 0.5) is 11.4 Å². The Morgan fingerprint density at radius 3 is 1.35 bits per heavy atom. The Morgan fingerprint density at radius 2 is 1.06 bits per heavy atom. The Morgan fingerprint density at radius 1 is 0.706 bits per heavy atom. The van der Waals surface area contributed by atoms with E-state index in [1.807, 2.05) is 38.1 Å². The van der Waals surface area contributed by atoms with Gasteiger partial charge in [0.25, 0.3) is 0 Å². The van der Waals surface area contributed by atoms with Crippen molar-refractivity contribution in [2.24, 2.45) is 0 Å². The van der Waals surface area contributed by atoms with Gasteiger partial charge >= 0.3 is 0 Å². The molecule has 0 saturated carbocycles. The van der Waals surface area contributed by atoms with E-state index in [2.05, 4.69) is 12.1 Å². The summed E-state index contributed by atoms with van der Waals surface area (Å²) < 4.78 is 0. The van der Waals surface area contributed by atoms with Crippen molar-refractivity contribution in [1.82, 2.24) is 6.15 Å². The number of nitrogens with two attached hydrogens (primary N) is 2. The van der Waals surface area contributed by atoms with Crippen LogP contribution in [0.3, 0.4) is 0 Å². The predicted octanol–water partition coefficient (Wildman–Crippen LogP) is 3.30. The molecule has 3 heteroatoms. The third kappa shape index (κ3) is 2.57. The lowest BCUT2D eigenvalue weighted by Gasteiger charge is -2.07. The molecule has 2 aromatic carbocycles. The van der Waals surface area contributed by atoms with E-state index in [0.29, 0.717) is 0 Å². The molecule has 0 amide bonds. The lowest BCUT2D eigenvalue weighted by molar-refractivity contribution is 1.44. The van der Waals surface area contributed by atoms with Crippen LogP contribution < -0.4 is 17.6 Å². The van der Waals surface area contributed by atoms with Gasteiger partial charge in [0.05, 0.1) is 0 Å². The fourth-order valence-electron chi connectivity index (χ4n) is 1.71. The second-order valence-corrected chi connectivity index (χ2v) is 4.14. The molecule has 0 fully saturated rings. The number of benzene rings is 2. The summed E-state index contributed by atoms with van der Waals surface area (Å²) in [5, 5.41) is 0. The second-order valence-electron chi connectivity index (χ2n) is 4.14. The smallest absolute Gasteiger partial charge is 0.0344 e. The van der Waals surface area contributed by atoms with Crippen molar-refractivity contribution in [1.29, 1.82) is 0 Å². The molecule has 2 rings (SSSR count). The fraction of sp³-hybridized carbons (Fsp3) is 0.143. The number of hydrogen-bond acceptors (Lipinski definition) is 3. The lowest BCUT2D eigenvalue weighted by Crippen LogP contribution is -1.91. The van der Waals surface area contributed by atoms with Crippen LogP contribution in [-0.4, -0.2) is 0 Å². The summed E-state index contributed by atoms with van der Waals surface area (Å²) in [5.74, 6) is 0. The molecule has 17 heavy (non-hydrogen) atoms.